The van der Waals surface area contributed by atoms with Crippen molar-refractivity contribution in [3.63, 3.8) is 0 Å². The number of amides is 1. The molecular formula is C26H29N3O3. The number of fused-ring (bicyclic) bond motifs is 1. The van der Waals surface area contributed by atoms with Gasteiger partial charge in [-0.1, -0.05) is 49.6 Å². The van der Waals surface area contributed by atoms with E-state index in [-0.39, 0.29) is 30.9 Å². The van der Waals surface area contributed by atoms with Gasteiger partial charge in [0, 0.05) is 30.0 Å². The molecule has 1 saturated carbocycles. The lowest BCUT2D eigenvalue weighted by molar-refractivity contribution is -0.151. The van der Waals surface area contributed by atoms with Gasteiger partial charge < -0.3 is 15.8 Å². The number of esters is 1. The third kappa shape index (κ3) is 5.32. The van der Waals surface area contributed by atoms with Crippen molar-refractivity contribution >= 4 is 28.3 Å². The molecule has 1 aromatic heterocycles. The molecule has 1 heterocycles. The first-order valence-corrected chi connectivity index (χ1v) is 11.2. The van der Waals surface area contributed by atoms with E-state index in [1.165, 1.54) is 6.42 Å². The molecule has 4 rings (SSSR count). The van der Waals surface area contributed by atoms with Gasteiger partial charge in [-0.2, -0.15) is 0 Å². The van der Waals surface area contributed by atoms with Crippen molar-refractivity contribution in [1.82, 2.24) is 4.98 Å². The summed E-state index contributed by atoms with van der Waals surface area (Å²) in [6, 6.07) is 15.2. The number of rotatable bonds is 7. The second-order valence-corrected chi connectivity index (χ2v) is 8.40. The van der Waals surface area contributed by atoms with Gasteiger partial charge in [-0.3, -0.25) is 14.6 Å². The molecule has 3 N–H and O–H groups in total. The van der Waals surface area contributed by atoms with Crippen molar-refractivity contribution in [1.29, 1.82) is 0 Å². The predicted octanol–water partition coefficient (Wildman–Crippen LogP) is 4.54. The van der Waals surface area contributed by atoms with Crippen LogP contribution >= 0.6 is 0 Å². The van der Waals surface area contributed by atoms with Crippen LogP contribution in [-0.4, -0.2) is 23.4 Å². The molecule has 166 valence electrons. The number of ether oxygens (including phenoxy) is 1. The van der Waals surface area contributed by atoms with Crippen LogP contribution in [0.2, 0.25) is 0 Å². The van der Waals surface area contributed by atoms with E-state index in [4.69, 9.17) is 10.5 Å². The Hall–Kier alpha value is -3.25. The van der Waals surface area contributed by atoms with E-state index in [1.54, 1.807) is 12.4 Å². The predicted molar refractivity (Wildman–Crippen MR) is 125 cm³/mol. The highest BCUT2D eigenvalue weighted by Crippen LogP contribution is 2.25. The van der Waals surface area contributed by atoms with E-state index in [0.29, 0.717) is 0 Å². The largest absolute Gasteiger partial charge is 0.461 e. The highest BCUT2D eigenvalue weighted by atomic mass is 16.5. The number of pyridine rings is 1. The van der Waals surface area contributed by atoms with E-state index in [2.05, 4.69) is 10.3 Å². The van der Waals surface area contributed by atoms with Gasteiger partial charge in [0.15, 0.2) is 0 Å². The van der Waals surface area contributed by atoms with E-state index in [1.807, 2.05) is 48.5 Å². The van der Waals surface area contributed by atoms with Crippen LogP contribution in [0.5, 0.6) is 0 Å². The van der Waals surface area contributed by atoms with Crippen LogP contribution in [0, 0.1) is 5.92 Å². The minimum atomic E-state index is -0.470. The van der Waals surface area contributed by atoms with E-state index in [0.717, 1.165) is 53.3 Å². The highest BCUT2D eigenvalue weighted by Gasteiger charge is 2.23. The van der Waals surface area contributed by atoms with Gasteiger partial charge in [-0.25, -0.2) is 0 Å². The third-order valence-electron chi connectivity index (χ3n) is 6.16. The lowest BCUT2D eigenvalue weighted by Gasteiger charge is -2.20. The summed E-state index contributed by atoms with van der Waals surface area (Å²) in [7, 11) is 0. The zero-order valence-corrected chi connectivity index (χ0v) is 18.1. The third-order valence-corrected chi connectivity index (χ3v) is 6.16. The summed E-state index contributed by atoms with van der Waals surface area (Å²) < 4.78 is 5.51. The number of anilines is 1. The Morgan fingerprint density at radius 3 is 2.56 bits per heavy atom. The van der Waals surface area contributed by atoms with Crippen LogP contribution in [0.15, 0.2) is 60.9 Å². The fourth-order valence-corrected chi connectivity index (χ4v) is 4.24. The van der Waals surface area contributed by atoms with Crippen molar-refractivity contribution in [2.75, 3.05) is 11.9 Å². The van der Waals surface area contributed by atoms with Gasteiger partial charge in [-0.15, -0.1) is 0 Å². The number of benzene rings is 2. The maximum Gasteiger partial charge on any atom is 0.309 e. The van der Waals surface area contributed by atoms with Gasteiger partial charge in [0.25, 0.3) is 0 Å². The van der Waals surface area contributed by atoms with Crippen molar-refractivity contribution in [3.05, 3.63) is 72.1 Å². The summed E-state index contributed by atoms with van der Waals surface area (Å²) >= 11 is 0. The quantitative estimate of drug-likeness (QED) is 0.536. The fourth-order valence-electron chi connectivity index (χ4n) is 4.24. The van der Waals surface area contributed by atoms with Gasteiger partial charge in [-0.05, 0) is 47.6 Å². The molecule has 2 aromatic carbocycles. The van der Waals surface area contributed by atoms with E-state index >= 15 is 0 Å². The summed E-state index contributed by atoms with van der Waals surface area (Å²) in [5, 5.41) is 4.99. The Bertz CT molecular complexity index is 1080. The second-order valence-electron chi connectivity index (χ2n) is 8.40. The van der Waals surface area contributed by atoms with Crippen LogP contribution in [0.3, 0.4) is 0 Å². The van der Waals surface area contributed by atoms with Crippen LogP contribution in [0.4, 0.5) is 5.69 Å². The summed E-state index contributed by atoms with van der Waals surface area (Å²) in [5.41, 5.74) is 8.38. The Morgan fingerprint density at radius 1 is 1.03 bits per heavy atom. The van der Waals surface area contributed by atoms with Gasteiger partial charge in [0.1, 0.15) is 6.61 Å². The maximum absolute atomic E-state index is 12.9. The first-order chi connectivity index (χ1) is 15.6. The Morgan fingerprint density at radius 2 is 1.81 bits per heavy atom. The molecule has 6 heteroatoms. The van der Waals surface area contributed by atoms with Crippen LogP contribution in [0.25, 0.3) is 10.8 Å². The standard InChI is InChI=1S/C26H29N3O3/c27-15-24(25(30)29-23-11-10-22-16-28-13-12-21(22)14-23)19-8-6-18(7-9-19)17-32-26(31)20-4-2-1-3-5-20/h6-14,16,20,24H,1-5,15,17,27H2,(H,29,30). The fraction of sp³-hybridized carbons (Fsp3) is 0.346. The van der Waals surface area contributed by atoms with Gasteiger partial charge in [0.2, 0.25) is 5.91 Å². The molecule has 1 fully saturated rings. The molecule has 1 aliphatic rings. The molecule has 3 aromatic rings. The molecule has 0 saturated heterocycles. The maximum atomic E-state index is 12.9. The minimum Gasteiger partial charge on any atom is -0.461 e. The lowest BCUT2D eigenvalue weighted by Crippen LogP contribution is -2.27. The van der Waals surface area contributed by atoms with Gasteiger partial charge in [0.05, 0.1) is 11.8 Å². The molecule has 1 aliphatic carbocycles. The second kappa shape index (κ2) is 10.4. The van der Waals surface area contributed by atoms with Crippen molar-refractivity contribution in [2.45, 2.75) is 44.6 Å². The molecule has 0 aliphatic heterocycles. The Balaban J connectivity index is 1.36. The first-order valence-electron chi connectivity index (χ1n) is 11.2. The Kier molecular flexibility index (Phi) is 7.12. The summed E-state index contributed by atoms with van der Waals surface area (Å²) in [5.74, 6) is -0.682. The van der Waals surface area contributed by atoms with Crippen molar-refractivity contribution < 1.29 is 14.3 Å². The molecule has 0 bridgehead atoms. The average molecular weight is 432 g/mol. The topological polar surface area (TPSA) is 94.3 Å². The van der Waals surface area contributed by atoms with E-state index in [9.17, 15) is 9.59 Å². The molecule has 1 unspecified atom stereocenters. The number of carbonyl (C=O) groups excluding carboxylic acids is 2. The average Bonchev–Trinajstić information content (AvgIpc) is 2.84. The monoisotopic (exact) mass is 431 g/mol. The summed E-state index contributed by atoms with van der Waals surface area (Å²) in [6.07, 6.45) is 8.79. The zero-order chi connectivity index (χ0) is 22.3. The molecule has 1 amide bonds. The molecule has 0 radical (unpaired) electrons. The summed E-state index contributed by atoms with van der Waals surface area (Å²) in [6.45, 7) is 0.445. The number of nitrogens with two attached hydrogens (primary N) is 1. The number of hydrogen-bond donors (Lipinski definition) is 2. The SMILES string of the molecule is NCC(C(=O)Nc1ccc2cnccc2c1)c1ccc(COC(=O)C2CCCCC2)cc1. The van der Waals surface area contributed by atoms with E-state index < -0.39 is 5.92 Å². The molecule has 1 atom stereocenters. The smallest absolute Gasteiger partial charge is 0.309 e. The zero-order valence-electron chi connectivity index (χ0n) is 18.1. The molecule has 0 spiro atoms. The number of hydrogen-bond acceptors (Lipinski definition) is 5. The Labute approximate surface area is 188 Å². The van der Waals surface area contributed by atoms with Crippen LogP contribution in [0.1, 0.15) is 49.1 Å². The van der Waals surface area contributed by atoms with Gasteiger partial charge >= 0.3 is 5.97 Å². The number of carbonyl (C=O) groups is 2. The van der Waals surface area contributed by atoms with Crippen molar-refractivity contribution in [2.24, 2.45) is 11.7 Å². The first kappa shape index (κ1) is 22.0. The number of nitrogens with zero attached hydrogens (tertiary/aromatic N) is 1. The number of aromatic nitrogens is 1. The highest BCUT2D eigenvalue weighted by molar-refractivity contribution is 5.98. The molecular weight excluding hydrogens is 402 g/mol. The molecule has 6 nitrogen and oxygen atoms in total. The van der Waals surface area contributed by atoms with Crippen LogP contribution in [-0.2, 0) is 20.9 Å². The minimum absolute atomic E-state index is 0.0414. The van der Waals surface area contributed by atoms with Crippen LogP contribution < -0.4 is 11.1 Å². The normalized spacial score (nSPS) is 15.3. The van der Waals surface area contributed by atoms with Crippen molar-refractivity contribution in [3.8, 4) is 0 Å². The molecule has 32 heavy (non-hydrogen) atoms. The number of nitrogens with one attached hydrogen (secondary N) is 1. The summed E-state index contributed by atoms with van der Waals surface area (Å²) in [4.78, 5) is 29.2. The lowest BCUT2D eigenvalue weighted by atomic mass is 9.89.